The van der Waals surface area contributed by atoms with E-state index in [4.69, 9.17) is 0 Å². The highest BCUT2D eigenvalue weighted by Crippen LogP contribution is 2.41. The van der Waals surface area contributed by atoms with Gasteiger partial charge in [-0.3, -0.25) is 9.69 Å². The molecule has 1 amide bonds. The summed E-state index contributed by atoms with van der Waals surface area (Å²) in [5.74, 6) is -0.231. The van der Waals surface area contributed by atoms with Crippen LogP contribution in [0.4, 0.5) is 5.69 Å². The monoisotopic (exact) mass is 321 g/mol. The van der Waals surface area contributed by atoms with Crippen LogP contribution in [0.1, 0.15) is 23.6 Å². The molecule has 2 aromatic rings. The summed E-state index contributed by atoms with van der Waals surface area (Å²) in [5, 5.41) is 3.97. The summed E-state index contributed by atoms with van der Waals surface area (Å²) in [7, 11) is 0. The normalized spacial score (nSPS) is 16.9. The zero-order valence-electron chi connectivity index (χ0n) is 13.7. The number of fused-ring (bicyclic) bond motifs is 3. The number of benzene rings is 2. The van der Waals surface area contributed by atoms with Crippen LogP contribution in [0.15, 0.2) is 41.7 Å². The van der Waals surface area contributed by atoms with Crippen molar-refractivity contribution in [1.82, 2.24) is 4.90 Å². The highest BCUT2D eigenvalue weighted by Gasteiger charge is 2.34. The zero-order chi connectivity index (χ0) is 16.7. The van der Waals surface area contributed by atoms with Crippen molar-refractivity contribution in [3.05, 3.63) is 58.0 Å². The van der Waals surface area contributed by atoms with Crippen molar-refractivity contribution in [3.8, 4) is 11.1 Å². The topological polar surface area (TPSA) is 53.0 Å². The maximum atomic E-state index is 12.1. The van der Waals surface area contributed by atoms with Gasteiger partial charge in [0.05, 0.1) is 17.4 Å². The highest BCUT2D eigenvalue weighted by atomic mass is 16.3. The van der Waals surface area contributed by atoms with Gasteiger partial charge in [-0.2, -0.15) is 5.01 Å². The van der Waals surface area contributed by atoms with Gasteiger partial charge in [-0.15, -0.1) is 4.91 Å². The van der Waals surface area contributed by atoms with E-state index in [1.165, 1.54) is 11.1 Å². The number of amides is 1. The zero-order valence-corrected chi connectivity index (χ0v) is 13.7. The van der Waals surface area contributed by atoms with Gasteiger partial charge in [-0.25, -0.2) is 0 Å². The van der Waals surface area contributed by atoms with Gasteiger partial charge in [0.1, 0.15) is 0 Å². The Balaban J connectivity index is 1.95. The molecule has 0 fully saturated rings. The Hall–Kier alpha value is -2.53. The number of hydrogen-bond donors (Lipinski definition) is 0. The average molecular weight is 321 g/mol. The van der Waals surface area contributed by atoms with Crippen LogP contribution >= 0.6 is 0 Å². The first-order valence-corrected chi connectivity index (χ1v) is 8.34. The number of carbonyl (C=O) groups is 1. The molecule has 0 saturated heterocycles. The number of hydrogen-bond acceptors (Lipinski definition) is 4. The molecule has 0 N–H and O–H groups in total. The van der Waals surface area contributed by atoms with E-state index >= 15 is 0 Å². The minimum absolute atomic E-state index is 0.231. The van der Waals surface area contributed by atoms with Crippen molar-refractivity contribution in [3.63, 3.8) is 0 Å². The minimum atomic E-state index is -0.231. The predicted molar refractivity (Wildman–Crippen MR) is 93.5 cm³/mol. The third-order valence-electron chi connectivity index (χ3n) is 5.11. The minimum Gasteiger partial charge on any atom is -0.299 e. The number of likely N-dealkylation sites (N-methyl/N-ethyl adjacent to an activating group) is 1. The summed E-state index contributed by atoms with van der Waals surface area (Å²) in [6, 6.07) is 12.1. The average Bonchev–Trinajstić information content (AvgIpc) is 2.96. The fourth-order valence-corrected chi connectivity index (χ4v) is 3.85. The van der Waals surface area contributed by atoms with Crippen LogP contribution < -0.4 is 5.01 Å². The smallest absolute Gasteiger partial charge is 0.254 e. The number of nitrogens with zero attached hydrogens (tertiary/aromatic N) is 3. The third kappa shape index (κ3) is 2.24. The van der Waals surface area contributed by atoms with Gasteiger partial charge in [0.25, 0.3) is 5.91 Å². The lowest BCUT2D eigenvalue weighted by atomic mass is 9.86. The van der Waals surface area contributed by atoms with Crippen molar-refractivity contribution in [1.29, 1.82) is 0 Å². The molecular formula is C19H19N3O2. The highest BCUT2D eigenvalue weighted by molar-refractivity contribution is 6.02. The summed E-state index contributed by atoms with van der Waals surface area (Å²) >= 11 is 0. The van der Waals surface area contributed by atoms with Crippen LogP contribution in [0.5, 0.6) is 0 Å². The Morgan fingerprint density at radius 3 is 2.62 bits per heavy atom. The lowest BCUT2D eigenvalue weighted by molar-refractivity contribution is -0.117. The van der Waals surface area contributed by atoms with E-state index in [0.717, 1.165) is 47.8 Å². The van der Waals surface area contributed by atoms with E-state index < -0.39 is 0 Å². The molecule has 0 unspecified atom stereocenters. The Labute approximate surface area is 140 Å². The maximum absolute atomic E-state index is 12.1. The van der Waals surface area contributed by atoms with Gasteiger partial charge < -0.3 is 0 Å². The van der Waals surface area contributed by atoms with Crippen molar-refractivity contribution in [2.24, 2.45) is 5.29 Å². The molecule has 122 valence electrons. The second-order valence-corrected chi connectivity index (χ2v) is 6.33. The van der Waals surface area contributed by atoms with Gasteiger partial charge in [0.15, 0.2) is 0 Å². The lowest BCUT2D eigenvalue weighted by Crippen LogP contribution is -2.31. The first-order chi connectivity index (χ1) is 11.7. The molecule has 0 radical (unpaired) electrons. The number of anilines is 1. The fourth-order valence-electron chi connectivity index (χ4n) is 3.85. The molecule has 0 spiro atoms. The van der Waals surface area contributed by atoms with Crippen molar-refractivity contribution < 1.29 is 4.79 Å². The van der Waals surface area contributed by atoms with E-state index in [1.807, 2.05) is 24.3 Å². The second kappa shape index (κ2) is 5.83. The summed E-state index contributed by atoms with van der Waals surface area (Å²) in [4.78, 5) is 25.7. The first-order valence-electron chi connectivity index (χ1n) is 8.34. The molecule has 0 aliphatic carbocycles. The fraction of sp³-hybridized carbons (Fsp3) is 0.316. The molecule has 2 aliphatic heterocycles. The molecule has 2 aliphatic rings. The van der Waals surface area contributed by atoms with Crippen molar-refractivity contribution in [2.45, 2.75) is 26.3 Å². The molecule has 0 aromatic heterocycles. The third-order valence-corrected chi connectivity index (χ3v) is 5.11. The molecule has 24 heavy (non-hydrogen) atoms. The van der Waals surface area contributed by atoms with E-state index in [2.05, 4.69) is 29.2 Å². The summed E-state index contributed by atoms with van der Waals surface area (Å²) in [6.45, 7) is 5.04. The first kappa shape index (κ1) is 15.0. The molecule has 2 heterocycles. The molecule has 2 aromatic carbocycles. The van der Waals surface area contributed by atoms with Crippen LogP contribution in [-0.2, 0) is 24.2 Å². The van der Waals surface area contributed by atoms with Crippen LogP contribution in [0, 0.1) is 4.91 Å². The second-order valence-electron chi connectivity index (χ2n) is 6.33. The van der Waals surface area contributed by atoms with Gasteiger partial charge >= 0.3 is 0 Å². The quantitative estimate of drug-likeness (QED) is 0.815. The standard InChI is InChI=1S/C19H19N3O2/c1-2-21-9-8-14-16-11-19(23)22(20-24)18(16)10-15(17(14)12-21)13-6-4-3-5-7-13/h3-7,10H,2,8-9,11-12H2,1H3. The van der Waals surface area contributed by atoms with E-state index in [1.54, 1.807) is 0 Å². The Kier molecular flexibility index (Phi) is 3.65. The molecule has 0 saturated carbocycles. The molecular weight excluding hydrogens is 302 g/mol. The van der Waals surface area contributed by atoms with Gasteiger partial charge in [0, 0.05) is 13.1 Å². The van der Waals surface area contributed by atoms with Gasteiger partial charge in [0.2, 0.25) is 0 Å². The summed E-state index contributed by atoms with van der Waals surface area (Å²) in [6.07, 6.45) is 1.19. The maximum Gasteiger partial charge on any atom is 0.254 e. The number of nitroso groups, excluding NO2 is 1. The molecule has 5 nitrogen and oxygen atoms in total. The number of rotatable bonds is 3. The van der Waals surface area contributed by atoms with E-state index in [9.17, 15) is 9.70 Å². The van der Waals surface area contributed by atoms with Crippen LogP contribution in [0.2, 0.25) is 0 Å². The van der Waals surface area contributed by atoms with Crippen molar-refractivity contribution >= 4 is 11.6 Å². The SMILES string of the molecule is CCN1CCc2c(c(-c3ccccc3)cc3c2CC(=O)N3N=O)C1. The van der Waals surface area contributed by atoms with Gasteiger partial charge in [-0.1, -0.05) is 37.3 Å². The molecule has 0 bridgehead atoms. The lowest BCUT2D eigenvalue weighted by Gasteiger charge is -2.31. The van der Waals surface area contributed by atoms with Crippen LogP contribution in [-0.4, -0.2) is 23.9 Å². The molecule has 0 atom stereocenters. The molecule has 4 rings (SSSR count). The Morgan fingerprint density at radius 2 is 1.92 bits per heavy atom. The van der Waals surface area contributed by atoms with Crippen LogP contribution in [0.25, 0.3) is 11.1 Å². The van der Waals surface area contributed by atoms with Gasteiger partial charge in [-0.05, 0) is 46.8 Å². The van der Waals surface area contributed by atoms with Crippen molar-refractivity contribution in [2.75, 3.05) is 18.1 Å². The Morgan fingerprint density at radius 1 is 1.12 bits per heavy atom. The predicted octanol–water partition coefficient (Wildman–Crippen LogP) is 3.30. The largest absolute Gasteiger partial charge is 0.299 e. The van der Waals surface area contributed by atoms with E-state index in [-0.39, 0.29) is 12.3 Å². The summed E-state index contributed by atoms with van der Waals surface area (Å²) < 4.78 is 0. The van der Waals surface area contributed by atoms with Crippen LogP contribution in [0.3, 0.4) is 0 Å². The van der Waals surface area contributed by atoms with E-state index in [0.29, 0.717) is 5.69 Å². The molecule has 5 heteroatoms. The number of carbonyl (C=O) groups excluding carboxylic acids is 1. The Bertz CT molecular complexity index is 817. The summed E-state index contributed by atoms with van der Waals surface area (Å²) in [5.41, 5.74) is 6.39.